The summed E-state index contributed by atoms with van der Waals surface area (Å²) in [5.74, 6) is 1.15. The molecule has 0 fully saturated rings. The quantitative estimate of drug-likeness (QED) is 0.552. The lowest BCUT2D eigenvalue weighted by molar-refractivity contribution is -0.137. The standard InChI is InChI=1S/C21H19BrF3NO2/c1-27-17-10-11(9-16(22)20(17)28-2)18-13-6-3-5-12(13)14-7-4-8-15(19(14)26-18)21(23,24)25/h3-5,7-10,12-13,18,26H,6H2,1-2H3/t12-,13+,18+/m1/s1. The first-order chi connectivity index (χ1) is 13.3. The summed E-state index contributed by atoms with van der Waals surface area (Å²) in [6.45, 7) is 0. The van der Waals surface area contributed by atoms with Gasteiger partial charge in [-0.3, -0.25) is 0 Å². The number of nitrogens with one attached hydrogen (secondary N) is 1. The van der Waals surface area contributed by atoms with Gasteiger partial charge >= 0.3 is 6.18 Å². The van der Waals surface area contributed by atoms with Crippen molar-refractivity contribution >= 4 is 21.6 Å². The zero-order valence-corrected chi connectivity index (χ0v) is 16.9. The van der Waals surface area contributed by atoms with Crippen molar-refractivity contribution in [3.05, 3.63) is 63.6 Å². The number of hydrogen-bond donors (Lipinski definition) is 1. The molecule has 3 atom stereocenters. The number of fused-ring (bicyclic) bond motifs is 3. The predicted octanol–water partition coefficient (Wildman–Crippen LogP) is 6.31. The first-order valence-electron chi connectivity index (χ1n) is 8.90. The van der Waals surface area contributed by atoms with Gasteiger partial charge in [0.15, 0.2) is 11.5 Å². The Morgan fingerprint density at radius 1 is 1.14 bits per heavy atom. The molecule has 0 spiro atoms. The Bertz CT molecular complexity index is 942. The minimum absolute atomic E-state index is 0.0598. The van der Waals surface area contributed by atoms with Gasteiger partial charge in [-0.1, -0.05) is 24.3 Å². The van der Waals surface area contributed by atoms with Crippen LogP contribution in [0.2, 0.25) is 0 Å². The minimum atomic E-state index is -4.42. The maximum Gasteiger partial charge on any atom is 0.418 e. The van der Waals surface area contributed by atoms with Crippen LogP contribution in [0.4, 0.5) is 18.9 Å². The molecule has 1 heterocycles. The molecular formula is C21H19BrF3NO2. The molecule has 0 radical (unpaired) electrons. The van der Waals surface area contributed by atoms with Crippen molar-refractivity contribution in [2.24, 2.45) is 5.92 Å². The molecule has 7 heteroatoms. The molecule has 0 saturated heterocycles. The van der Waals surface area contributed by atoms with Gasteiger partial charge in [0.1, 0.15) is 0 Å². The van der Waals surface area contributed by atoms with E-state index in [0.29, 0.717) is 21.5 Å². The van der Waals surface area contributed by atoms with Crippen LogP contribution in [0.1, 0.15) is 35.1 Å². The highest BCUT2D eigenvalue weighted by molar-refractivity contribution is 9.10. The Morgan fingerprint density at radius 2 is 1.93 bits per heavy atom. The number of anilines is 1. The summed E-state index contributed by atoms with van der Waals surface area (Å²) in [7, 11) is 3.09. The predicted molar refractivity (Wildman–Crippen MR) is 105 cm³/mol. The summed E-state index contributed by atoms with van der Waals surface area (Å²) >= 11 is 3.49. The van der Waals surface area contributed by atoms with Crippen molar-refractivity contribution in [3.63, 3.8) is 0 Å². The molecule has 0 bridgehead atoms. The van der Waals surface area contributed by atoms with Crippen molar-refractivity contribution in [2.45, 2.75) is 24.6 Å². The Hall–Kier alpha value is -2.15. The summed E-state index contributed by atoms with van der Waals surface area (Å²) in [5, 5.41) is 3.20. The smallest absolute Gasteiger partial charge is 0.418 e. The van der Waals surface area contributed by atoms with Gasteiger partial charge in [-0.05, 0) is 57.6 Å². The summed E-state index contributed by atoms with van der Waals surface area (Å²) in [4.78, 5) is 0. The molecular weight excluding hydrogens is 435 g/mol. The van der Waals surface area contributed by atoms with E-state index in [4.69, 9.17) is 9.47 Å². The molecule has 0 amide bonds. The molecule has 4 rings (SSSR count). The molecule has 0 aromatic heterocycles. The van der Waals surface area contributed by atoms with Gasteiger partial charge in [0.05, 0.1) is 36.0 Å². The Balaban J connectivity index is 1.85. The number of alkyl halides is 3. The molecule has 0 unspecified atom stereocenters. The third kappa shape index (κ3) is 3.05. The van der Waals surface area contributed by atoms with E-state index in [-0.39, 0.29) is 23.6 Å². The van der Waals surface area contributed by atoms with E-state index in [1.807, 2.05) is 18.2 Å². The summed E-state index contributed by atoms with van der Waals surface area (Å²) in [5.41, 5.74) is 1.09. The van der Waals surface area contributed by atoms with E-state index in [9.17, 15) is 13.2 Å². The first-order valence-corrected chi connectivity index (χ1v) is 9.69. The fourth-order valence-corrected chi connectivity index (χ4v) is 4.93. The number of benzene rings is 2. The molecule has 28 heavy (non-hydrogen) atoms. The second-order valence-electron chi connectivity index (χ2n) is 6.98. The van der Waals surface area contributed by atoms with Crippen LogP contribution in [0, 0.1) is 5.92 Å². The van der Waals surface area contributed by atoms with Crippen LogP contribution in [0.15, 0.2) is 47.0 Å². The number of halogens is 4. The number of methoxy groups -OCH3 is 2. The lowest BCUT2D eigenvalue weighted by Gasteiger charge is -2.39. The van der Waals surface area contributed by atoms with Crippen LogP contribution in [0.25, 0.3) is 0 Å². The van der Waals surface area contributed by atoms with Crippen molar-refractivity contribution in [1.29, 1.82) is 0 Å². The Kier molecular flexibility index (Phi) is 4.81. The average molecular weight is 454 g/mol. The number of para-hydroxylation sites is 1. The van der Waals surface area contributed by atoms with Crippen molar-refractivity contribution < 1.29 is 22.6 Å². The summed E-state index contributed by atoms with van der Waals surface area (Å²) < 4.78 is 52.4. The monoisotopic (exact) mass is 453 g/mol. The van der Waals surface area contributed by atoms with E-state index in [0.717, 1.165) is 18.1 Å². The second-order valence-corrected chi connectivity index (χ2v) is 7.84. The SMILES string of the molecule is COc1cc([C@@H]2Nc3c(cccc3C(F)(F)F)[C@@H]3C=CC[C@@H]32)cc(Br)c1OC. The third-order valence-electron chi connectivity index (χ3n) is 5.52. The largest absolute Gasteiger partial charge is 0.493 e. The van der Waals surface area contributed by atoms with Gasteiger partial charge in [0.25, 0.3) is 0 Å². The topological polar surface area (TPSA) is 30.5 Å². The first kappa shape index (κ1) is 19.2. The molecule has 1 aliphatic carbocycles. The Morgan fingerprint density at radius 3 is 2.61 bits per heavy atom. The lowest BCUT2D eigenvalue weighted by Crippen LogP contribution is -2.30. The van der Waals surface area contributed by atoms with Gasteiger partial charge in [-0.15, -0.1) is 0 Å². The third-order valence-corrected chi connectivity index (χ3v) is 6.11. The van der Waals surface area contributed by atoms with Crippen LogP contribution in [-0.2, 0) is 6.18 Å². The van der Waals surface area contributed by atoms with Gasteiger partial charge < -0.3 is 14.8 Å². The summed E-state index contributed by atoms with van der Waals surface area (Å²) in [6.07, 6.45) is 0.447. The molecule has 1 N–H and O–H groups in total. The molecule has 2 aliphatic rings. The fraction of sp³-hybridized carbons (Fsp3) is 0.333. The number of ether oxygens (including phenoxy) is 2. The van der Waals surface area contributed by atoms with Crippen LogP contribution in [0.3, 0.4) is 0 Å². The van der Waals surface area contributed by atoms with Gasteiger partial charge in [0.2, 0.25) is 0 Å². The molecule has 1 aliphatic heterocycles. The lowest BCUT2D eigenvalue weighted by atomic mass is 9.76. The van der Waals surface area contributed by atoms with Crippen molar-refractivity contribution in [1.82, 2.24) is 0 Å². The normalized spacial score (nSPS) is 23.0. The number of hydrogen-bond acceptors (Lipinski definition) is 3. The fourth-order valence-electron chi connectivity index (χ4n) is 4.31. The van der Waals surface area contributed by atoms with Crippen LogP contribution in [0.5, 0.6) is 11.5 Å². The Labute approximate surface area is 169 Å². The highest BCUT2D eigenvalue weighted by Gasteiger charge is 2.43. The van der Waals surface area contributed by atoms with Gasteiger partial charge in [-0.2, -0.15) is 13.2 Å². The molecule has 2 aromatic carbocycles. The van der Waals surface area contributed by atoms with Crippen LogP contribution < -0.4 is 14.8 Å². The van der Waals surface area contributed by atoms with E-state index in [2.05, 4.69) is 27.3 Å². The van der Waals surface area contributed by atoms with Crippen molar-refractivity contribution in [2.75, 3.05) is 19.5 Å². The molecule has 2 aromatic rings. The zero-order valence-electron chi connectivity index (χ0n) is 15.3. The van der Waals surface area contributed by atoms with Gasteiger partial charge in [-0.25, -0.2) is 0 Å². The highest BCUT2D eigenvalue weighted by atomic mass is 79.9. The average Bonchev–Trinajstić information content (AvgIpc) is 3.15. The second kappa shape index (κ2) is 7.03. The molecule has 0 saturated carbocycles. The van der Waals surface area contributed by atoms with Crippen LogP contribution in [-0.4, -0.2) is 14.2 Å². The zero-order chi connectivity index (χ0) is 20.1. The van der Waals surface area contributed by atoms with E-state index in [1.54, 1.807) is 20.3 Å². The number of rotatable bonds is 3. The highest BCUT2D eigenvalue weighted by Crippen LogP contribution is 2.53. The maximum atomic E-state index is 13.6. The van der Waals surface area contributed by atoms with Crippen LogP contribution >= 0.6 is 15.9 Å². The van der Waals surface area contributed by atoms with E-state index < -0.39 is 11.7 Å². The summed E-state index contributed by atoms with van der Waals surface area (Å²) in [6, 6.07) is 7.83. The maximum absolute atomic E-state index is 13.6. The van der Waals surface area contributed by atoms with E-state index >= 15 is 0 Å². The number of allylic oxidation sites excluding steroid dienone is 2. The minimum Gasteiger partial charge on any atom is -0.493 e. The van der Waals surface area contributed by atoms with Crippen molar-refractivity contribution in [3.8, 4) is 11.5 Å². The van der Waals surface area contributed by atoms with Gasteiger partial charge in [0, 0.05) is 5.92 Å². The molecule has 3 nitrogen and oxygen atoms in total. The molecule has 148 valence electrons. The van der Waals surface area contributed by atoms with E-state index in [1.165, 1.54) is 6.07 Å².